The van der Waals surface area contributed by atoms with Gasteiger partial charge in [-0.15, -0.1) is 13.2 Å². The van der Waals surface area contributed by atoms with Gasteiger partial charge in [-0.1, -0.05) is 43.7 Å². The number of rotatable bonds is 15. The van der Waals surface area contributed by atoms with Crippen LogP contribution < -0.4 is 20.1 Å². The first kappa shape index (κ1) is 38.5. The highest BCUT2D eigenvalue weighted by Crippen LogP contribution is 2.45. The van der Waals surface area contributed by atoms with Gasteiger partial charge in [0.1, 0.15) is 35.1 Å². The number of methoxy groups -OCH3 is 1. The number of carbonyl (C=O) groups is 4. The van der Waals surface area contributed by atoms with E-state index in [2.05, 4.69) is 35.7 Å². The lowest BCUT2D eigenvalue weighted by atomic mass is 9.88. The summed E-state index contributed by atoms with van der Waals surface area (Å²) >= 11 is 6.51. The molecule has 2 aromatic rings. The zero-order valence-electron chi connectivity index (χ0n) is 29.7. The summed E-state index contributed by atoms with van der Waals surface area (Å²) in [4.78, 5) is 59.8. The number of hydrogen-bond acceptors (Lipinski definition) is 8. The molecule has 1 aromatic carbocycles. The van der Waals surface area contributed by atoms with Crippen molar-refractivity contribution >= 4 is 46.3 Å². The molecule has 4 rings (SSSR count). The lowest BCUT2D eigenvalue weighted by Gasteiger charge is -2.33. The van der Waals surface area contributed by atoms with Crippen LogP contribution in [0.3, 0.4) is 0 Å². The zero-order valence-corrected chi connectivity index (χ0v) is 30.4. The van der Waals surface area contributed by atoms with Crippen molar-refractivity contribution < 1.29 is 38.5 Å². The van der Waals surface area contributed by atoms with E-state index in [1.54, 1.807) is 39.0 Å². The number of ether oxygens (including phenoxy) is 3. The van der Waals surface area contributed by atoms with Crippen LogP contribution in [0.1, 0.15) is 66.7 Å². The number of nitrogens with one attached hydrogen (secondary N) is 2. The van der Waals surface area contributed by atoms with Gasteiger partial charge in [0.15, 0.2) is 0 Å². The Kier molecular flexibility index (Phi) is 12.1. The number of carbonyl (C=O) groups excluding carboxylic acids is 3. The molecule has 272 valence electrons. The molecule has 1 saturated heterocycles. The van der Waals surface area contributed by atoms with Gasteiger partial charge in [-0.2, -0.15) is 0 Å². The molecule has 12 nitrogen and oxygen atoms in total. The Balaban J connectivity index is 1.69. The fourth-order valence-electron chi connectivity index (χ4n) is 6.66. The second kappa shape index (κ2) is 15.7. The summed E-state index contributed by atoms with van der Waals surface area (Å²) in [6, 6.07) is 3.08. The molecule has 1 aliphatic heterocycles. The van der Waals surface area contributed by atoms with Crippen molar-refractivity contribution in [3.8, 4) is 11.6 Å². The molecule has 2 heterocycles. The Morgan fingerprint density at radius 2 is 1.94 bits per heavy atom. The summed E-state index contributed by atoms with van der Waals surface area (Å²) in [6.45, 7) is 16.6. The molecular weight excluding hydrogens is 664 g/mol. The number of benzene rings is 1. The average molecular weight is 713 g/mol. The Labute approximate surface area is 298 Å². The van der Waals surface area contributed by atoms with Crippen molar-refractivity contribution in [1.82, 2.24) is 20.5 Å². The van der Waals surface area contributed by atoms with E-state index in [1.165, 1.54) is 24.3 Å². The summed E-state index contributed by atoms with van der Waals surface area (Å²) < 4.78 is 17.4. The van der Waals surface area contributed by atoms with Crippen molar-refractivity contribution in [3.05, 3.63) is 54.7 Å². The number of alkyl carbamates (subject to hydrolysis) is 1. The minimum atomic E-state index is -1.51. The Morgan fingerprint density at radius 1 is 1.22 bits per heavy atom. The first-order valence-corrected chi connectivity index (χ1v) is 17.3. The van der Waals surface area contributed by atoms with Crippen molar-refractivity contribution in [2.75, 3.05) is 13.7 Å². The first-order chi connectivity index (χ1) is 23.5. The summed E-state index contributed by atoms with van der Waals surface area (Å²) in [5.74, 6) is -2.27. The highest BCUT2D eigenvalue weighted by atomic mass is 35.5. The van der Waals surface area contributed by atoms with Crippen LogP contribution in [-0.2, 0) is 19.1 Å². The van der Waals surface area contributed by atoms with Gasteiger partial charge < -0.3 is 34.9 Å². The monoisotopic (exact) mass is 712 g/mol. The SMILES string of the molecule is C=CCCC(C)C[C@@H](C)C(NC(=O)OC(C)(C)C)C(=O)N1C[C@H](Oc2ncc(OC)c3c(Cl)cccc23)C[C@H]1C(=O)NC1(C(=O)O)CC1C=C. The summed E-state index contributed by atoms with van der Waals surface area (Å²) in [5, 5.41) is 17.1. The second-order valence-electron chi connectivity index (χ2n) is 14.4. The molecule has 4 unspecified atom stereocenters. The van der Waals surface area contributed by atoms with Crippen LogP contribution in [-0.4, -0.2) is 81.8 Å². The van der Waals surface area contributed by atoms with E-state index in [0.717, 1.165) is 12.8 Å². The Bertz CT molecular complexity index is 1630. The van der Waals surface area contributed by atoms with E-state index in [-0.39, 0.29) is 37.1 Å². The molecular formula is C37H49ClN4O8. The highest BCUT2D eigenvalue weighted by Gasteiger charge is 2.61. The number of halogens is 1. The lowest BCUT2D eigenvalue weighted by Crippen LogP contribution is -2.58. The van der Waals surface area contributed by atoms with Crippen LogP contribution >= 0.6 is 11.6 Å². The Hall–Kier alpha value is -4.32. The average Bonchev–Trinajstić information content (AvgIpc) is 3.61. The van der Waals surface area contributed by atoms with Crippen LogP contribution in [0.2, 0.25) is 5.02 Å². The second-order valence-corrected chi connectivity index (χ2v) is 14.8. The molecule has 3 amide bonds. The molecule has 7 atom stereocenters. The summed E-state index contributed by atoms with van der Waals surface area (Å²) in [5.41, 5.74) is -2.33. The fraction of sp³-hybridized carbons (Fsp3) is 0.541. The van der Waals surface area contributed by atoms with Crippen LogP contribution in [0.25, 0.3) is 10.8 Å². The number of fused-ring (bicyclic) bond motifs is 1. The standard InChI is InChI=1S/C37H49ClN4O8/c1-9-11-13-21(3)16-22(4)30(40-35(47)50-36(5,6)7)33(44)42-20-24(17-27(42)31(43)41-37(34(45)46)18-23(37)10-2)49-32-25-14-12-15-26(38)29(25)28(48-8)19-39-32/h9-10,12,14-15,19,21-24,27,30H,1-2,11,13,16-18,20H2,3-8H3,(H,40,47)(H,41,43)(H,45,46)/t21?,22-,23?,24-,27+,30?,37?/m1/s1. The fourth-order valence-corrected chi connectivity index (χ4v) is 6.92. The van der Waals surface area contributed by atoms with Gasteiger partial charge in [0.05, 0.1) is 24.9 Å². The molecule has 0 radical (unpaired) electrons. The molecule has 2 fully saturated rings. The van der Waals surface area contributed by atoms with Gasteiger partial charge in [0.25, 0.3) is 0 Å². The van der Waals surface area contributed by atoms with Crippen LogP contribution in [0.4, 0.5) is 4.79 Å². The number of aliphatic carboxylic acids is 1. The number of carboxylic acid groups (broad SMARTS) is 1. The highest BCUT2D eigenvalue weighted by molar-refractivity contribution is 6.36. The number of amides is 3. The van der Waals surface area contributed by atoms with Gasteiger partial charge in [0.2, 0.25) is 17.7 Å². The Morgan fingerprint density at radius 3 is 2.54 bits per heavy atom. The number of hydrogen-bond donors (Lipinski definition) is 3. The molecule has 0 spiro atoms. The van der Waals surface area contributed by atoms with E-state index in [9.17, 15) is 24.3 Å². The lowest BCUT2D eigenvalue weighted by molar-refractivity contribution is -0.146. The number of carboxylic acids is 1. The molecule has 0 bridgehead atoms. The maximum atomic E-state index is 14.6. The van der Waals surface area contributed by atoms with Gasteiger partial charge in [-0.05, 0) is 70.4 Å². The smallest absolute Gasteiger partial charge is 0.408 e. The van der Waals surface area contributed by atoms with E-state index >= 15 is 0 Å². The van der Waals surface area contributed by atoms with Gasteiger partial charge >= 0.3 is 12.1 Å². The minimum absolute atomic E-state index is 0.0328. The summed E-state index contributed by atoms with van der Waals surface area (Å²) in [6.07, 6.45) is 5.79. The number of likely N-dealkylation sites (tertiary alicyclic amines) is 1. The van der Waals surface area contributed by atoms with E-state index in [4.69, 9.17) is 25.8 Å². The third-order valence-electron chi connectivity index (χ3n) is 9.31. The number of allylic oxidation sites excluding steroid dienone is 1. The number of pyridine rings is 1. The van der Waals surface area contributed by atoms with Crippen molar-refractivity contribution in [2.24, 2.45) is 17.8 Å². The predicted octanol–water partition coefficient (Wildman–Crippen LogP) is 5.91. The van der Waals surface area contributed by atoms with Crippen LogP contribution in [0.5, 0.6) is 11.6 Å². The molecule has 50 heavy (non-hydrogen) atoms. The topological polar surface area (TPSA) is 156 Å². The quantitative estimate of drug-likeness (QED) is 0.191. The van der Waals surface area contributed by atoms with Crippen molar-refractivity contribution in [3.63, 3.8) is 0 Å². The van der Waals surface area contributed by atoms with E-state index < -0.39 is 59.1 Å². The number of nitrogens with zero attached hydrogens (tertiary/aromatic N) is 2. The van der Waals surface area contributed by atoms with Crippen LogP contribution in [0, 0.1) is 17.8 Å². The predicted molar refractivity (Wildman–Crippen MR) is 190 cm³/mol. The van der Waals surface area contributed by atoms with E-state index in [0.29, 0.717) is 28.0 Å². The zero-order chi connectivity index (χ0) is 37.0. The third kappa shape index (κ3) is 8.69. The maximum absolute atomic E-state index is 14.6. The van der Waals surface area contributed by atoms with Gasteiger partial charge in [-0.3, -0.25) is 9.59 Å². The minimum Gasteiger partial charge on any atom is -0.494 e. The molecule has 3 N–H and O–H groups in total. The normalized spacial score (nSPS) is 23.3. The molecule has 13 heteroatoms. The molecule has 1 saturated carbocycles. The third-order valence-corrected chi connectivity index (χ3v) is 9.62. The van der Waals surface area contributed by atoms with Crippen molar-refractivity contribution in [1.29, 1.82) is 0 Å². The molecule has 1 aromatic heterocycles. The first-order valence-electron chi connectivity index (χ1n) is 16.9. The number of aromatic nitrogens is 1. The largest absolute Gasteiger partial charge is 0.494 e. The van der Waals surface area contributed by atoms with Crippen molar-refractivity contribution in [2.45, 2.75) is 96.1 Å². The van der Waals surface area contributed by atoms with Gasteiger partial charge in [-0.25, -0.2) is 14.6 Å². The molecule has 2 aliphatic rings. The maximum Gasteiger partial charge on any atom is 0.408 e. The van der Waals surface area contributed by atoms with E-state index in [1.807, 2.05) is 13.0 Å². The van der Waals surface area contributed by atoms with Gasteiger partial charge in [0, 0.05) is 23.1 Å². The molecule has 1 aliphatic carbocycles. The summed E-state index contributed by atoms with van der Waals surface area (Å²) in [7, 11) is 1.51. The van der Waals surface area contributed by atoms with Crippen LogP contribution in [0.15, 0.2) is 49.7 Å².